The molecule has 1 amide bonds. The third-order valence-electron chi connectivity index (χ3n) is 4.73. The molecule has 3 rings (SSSR count). The highest BCUT2D eigenvalue weighted by Crippen LogP contribution is 2.29. The maximum Gasteiger partial charge on any atom is 0.409 e. The first-order chi connectivity index (χ1) is 13.2. The molecule has 1 aromatic heterocycles. The van der Waals surface area contributed by atoms with Crippen LogP contribution < -0.4 is 10.1 Å². The largest absolute Gasteiger partial charge is 0.477 e. The molecular weight excluding hydrogens is 473 g/mol. The molecule has 9 heteroatoms. The van der Waals surface area contributed by atoms with Gasteiger partial charge >= 0.3 is 6.09 Å². The Morgan fingerprint density at radius 2 is 1.96 bits per heavy atom. The van der Waals surface area contributed by atoms with Crippen molar-refractivity contribution in [3.8, 4) is 5.88 Å². The van der Waals surface area contributed by atoms with Crippen molar-refractivity contribution in [1.82, 2.24) is 20.1 Å². The number of aliphatic imine (C=N–C) groups is 1. The lowest BCUT2D eigenvalue weighted by Gasteiger charge is -2.35. The van der Waals surface area contributed by atoms with Crippen molar-refractivity contribution >= 4 is 36.0 Å². The van der Waals surface area contributed by atoms with Gasteiger partial charge in [0, 0.05) is 52.0 Å². The number of amides is 1. The van der Waals surface area contributed by atoms with Gasteiger partial charge in [0.15, 0.2) is 5.96 Å². The summed E-state index contributed by atoms with van der Waals surface area (Å²) in [4.78, 5) is 24.4. The number of rotatable bonds is 6. The van der Waals surface area contributed by atoms with Gasteiger partial charge < -0.3 is 24.6 Å². The fraction of sp³-hybridized carbons (Fsp3) is 0.632. The second-order valence-electron chi connectivity index (χ2n) is 6.83. The Bertz CT molecular complexity index is 643. The summed E-state index contributed by atoms with van der Waals surface area (Å²) in [6.45, 7) is 6.36. The zero-order valence-electron chi connectivity index (χ0n) is 16.6. The maximum absolute atomic E-state index is 11.8. The SMILES string of the molecule is CCOC(=O)N1CCN(C(=NC)NCc2ccc(OCC3CC3)nc2)CC1.I. The van der Waals surface area contributed by atoms with E-state index in [9.17, 15) is 4.79 Å². The first-order valence-electron chi connectivity index (χ1n) is 9.64. The second kappa shape index (κ2) is 11.3. The Labute approximate surface area is 183 Å². The molecule has 1 aliphatic carbocycles. The number of carbonyl (C=O) groups is 1. The minimum Gasteiger partial charge on any atom is -0.477 e. The summed E-state index contributed by atoms with van der Waals surface area (Å²) in [7, 11) is 1.77. The molecule has 2 aliphatic rings. The van der Waals surface area contributed by atoms with E-state index in [0.29, 0.717) is 32.1 Å². The fourth-order valence-corrected chi connectivity index (χ4v) is 2.92. The maximum atomic E-state index is 11.8. The van der Waals surface area contributed by atoms with Gasteiger partial charge in [-0.25, -0.2) is 9.78 Å². The first kappa shape index (κ1) is 22.5. The molecule has 0 unspecified atom stereocenters. The molecule has 2 heterocycles. The summed E-state index contributed by atoms with van der Waals surface area (Å²) in [5.41, 5.74) is 1.07. The molecule has 0 bridgehead atoms. The Balaban J connectivity index is 0.00000280. The molecule has 1 N–H and O–H groups in total. The third-order valence-corrected chi connectivity index (χ3v) is 4.73. The molecular formula is C19H30IN5O3. The predicted molar refractivity (Wildman–Crippen MR) is 118 cm³/mol. The van der Waals surface area contributed by atoms with Gasteiger partial charge in [-0.05, 0) is 31.2 Å². The van der Waals surface area contributed by atoms with E-state index < -0.39 is 0 Å². The highest BCUT2D eigenvalue weighted by atomic mass is 127. The van der Waals surface area contributed by atoms with Crippen LogP contribution in [0.25, 0.3) is 0 Å². The number of piperazine rings is 1. The monoisotopic (exact) mass is 503 g/mol. The van der Waals surface area contributed by atoms with Gasteiger partial charge in [0.1, 0.15) is 0 Å². The molecule has 2 fully saturated rings. The van der Waals surface area contributed by atoms with E-state index in [0.717, 1.165) is 37.1 Å². The summed E-state index contributed by atoms with van der Waals surface area (Å²) in [5, 5.41) is 3.36. The number of hydrogen-bond acceptors (Lipinski definition) is 5. The number of carbonyl (C=O) groups excluding carboxylic acids is 1. The van der Waals surface area contributed by atoms with Gasteiger partial charge in [-0.2, -0.15) is 0 Å². The normalized spacial score (nSPS) is 17.0. The van der Waals surface area contributed by atoms with Gasteiger partial charge in [0.2, 0.25) is 5.88 Å². The van der Waals surface area contributed by atoms with E-state index in [1.807, 2.05) is 25.3 Å². The summed E-state index contributed by atoms with van der Waals surface area (Å²) in [6.07, 6.45) is 4.14. The van der Waals surface area contributed by atoms with Gasteiger partial charge in [-0.15, -0.1) is 24.0 Å². The molecule has 1 aromatic rings. The lowest BCUT2D eigenvalue weighted by Crippen LogP contribution is -2.53. The molecule has 0 radical (unpaired) electrons. The molecule has 156 valence electrons. The van der Waals surface area contributed by atoms with Crippen LogP contribution in [0.3, 0.4) is 0 Å². The molecule has 0 aromatic carbocycles. The Kier molecular flexibility index (Phi) is 9.07. The Morgan fingerprint density at radius 3 is 2.54 bits per heavy atom. The highest BCUT2D eigenvalue weighted by molar-refractivity contribution is 14.0. The van der Waals surface area contributed by atoms with Crippen molar-refractivity contribution in [3.63, 3.8) is 0 Å². The van der Waals surface area contributed by atoms with Crippen LogP contribution in [0.2, 0.25) is 0 Å². The zero-order valence-corrected chi connectivity index (χ0v) is 18.9. The van der Waals surface area contributed by atoms with Gasteiger partial charge in [0.05, 0.1) is 13.2 Å². The quantitative estimate of drug-likeness (QED) is 0.365. The van der Waals surface area contributed by atoms with Crippen molar-refractivity contribution < 1.29 is 14.3 Å². The van der Waals surface area contributed by atoms with E-state index in [-0.39, 0.29) is 30.1 Å². The lowest BCUT2D eigenvalue weighted by atomic mass is 10.3. The van der Waals surface area contributed by atoms with E-state index in [1.165, 1.54) is 12.8 Å². The molecule has 1 aliphatic heterocycles. The van der Waals surface area contributed by atoms with Crippen LogP contribution in [-0.4, -0.2) is 73.3 Å². The minimum atomic E-state index is -0.241. The molecule has 28 heavy (non-hydrogen) atoms. The van der Waals surface area contributed by atoms with Crippen molar-refractivity contribution in [2.75, 3.05) is 46.4 Å². The molecule has 0 atom stereocenters. The van der Waals surface area contributed by atoms with Crippen molar-refractivity contribution in [2.24, 2.45) is 10.9 Å². The van der Waals surface area contributed by atoms with E-state index in [2.05, 4.69) is 20.2 Å². The summed E-state index contributed by atoms with van der Waals surface area (Å²) < 4.78 is 10.7. The summed E-state index contributed by atoms with van der Waals surface area (Å²) in [5.74, 6) is 2.23. The van der Waals surface area contributed by atoms with Crippen LogP contribution in [0.1, 0.15) is 25.3 Å². The van der Waals surface area contributed by atoms with Gasteiger partial charge in [-0.3, -0.25) is 4.99 Å². The van der Waals surface area contributed by atoms with Crippen LogP contribution in [0.15, 0.2) is 23.3 Å². The number of nitrogens with one attached hydrogen (secondary N) is 1. The highest BCUT2D eigenvalue weighted by Gasteiger charge is 2.24. The van der Waals surface area contributed by atoms with E-state index >= 15 is 0 Å². The molecule has 8 nitrogen and oxygen atoms in total. The summed E-state index contributed by atoms with van der Waals surface area (Å²) >= 11 is 0. The smallest absolute Gasteiger partial charge is 0.409 e. The fourth-order valence-electron chi connectivity index (χ4n) is 2.92. The molecule has 0 spiro atoms. The number of guanidine groups is 1. The van der Waals surface area contributed by atoms with E-state index in [4.69, 9.17) is 9.47 Å². The van der Waals surface area contributed by atoms with Crippen LogP contribution >= 0.6 is 24.0 Å². The number of nitrogens with zero attached hydrogens (tertiary/aromatic N) is 4. The van der Waals surface area contributed by atoms with Gasteiger partial charge in [0.25, 0.3) is 0 Å². The topological polar surface area (TPSA) is 79.3 Å². The van der Waals surface area contributed by atoms with Crippen molar-refractivity contribution in [1.29, 1.82) is 0 Å². The van der Waals surface area contributed by atoms with E-state index in [1.54, 1.807) is 11.9 Å². The lowest BCUT2D eigenvalue weighted by molar-refractivity contribution is 0.0914. The number of halogens is 1. The average Bonchev–Trinajstić information content (AvgIpc) is 3.53. The van der Waals surface area contributed by atoms with Crippen molar-refractivity contribution in [2.45, 2.75) is 26.3 Å². The number of pyridine rings is 1. The number of ether oxygens (including phenoxy) is 2. The minimum absolute atomic E-state index is 0. The van der Waals surface area contributed by atoms with Crippen LogP contribution in [-0.2, 0) is 11.3 Å². The first-order valence-corrected chi connectivity index (χ1v) is 9.64. The van der Waals surface area contributed by atoms with Gasteiger partial charge in [-0.1, -0.05) is 6.07 Å². The van der Waals surface area contributed by atoms with Crippen LogP contribution in [0.5, 0.6) is 5.88 Å². The molecule has 1 saturated heterocycles. The Hall–Kier alpha value is -1.78. The zero-order chi connectivity index (χ0) is 19.1. The van der Waals surface area contributed by atoms with Crippen molar-refractivity contribution in [3.05, 3.63) is 23.9 Å². The average molecular weight is 503 g/mol. The predicted octanol–water partition coefficient (Wildman–Crippen LogP) is 2.34. The number of aromatic nitrogens is 1. The van der Waals surface area contributed by atoms with Crippen LogP contribution in [0, 0.1) is 5.92 Å². The van der Waals surface area contributed by atoms with Crippen LogP contribution in [0.4, 0.5) is 4.79 Å². The second-order valence-corrected chi connectivity index (χ2v) is 6.83. The Morgan fingerprint density at radius 1 is 1.25 bits per heavy atom. The third kappa shape index (κ3) is 6.68. The standard InChI is InChI=1S/C19H29N5O3.HI/c1-3-26-19(25)24-10-8-23(9-11-24)18(20-2)22-13-16-6-7-17(21-12-16)27-14-15-4-5-15;/h6-7,12,15H,3-5,8-11,13-14H2,1-2H3,(H,20,22);1H. The number of hydrogen-bond donors (Lipinski definition) is 1. The molecule has 1 saturated carbocycles. The summed E-state index contributed by atoms with van der Waals surface area (Å²) in [6, 6.07) is 3.94.